The van der Waals surface area contributed by atoms with Crippen molar-refractivity contribution in [2.45, 2.75) is 82.3 Å². The predicted molar refractivity (Wildman–Crippen MR) is 195 cm³/mol. The van der Waals surface area contributed by atoms with E-state index in [0.29, 0.717) is 34.7 Å². The van der Waals surface area contributed by atoms with Crippen molar-refractivity contribution >= 4 is 28.3 Å². The summed E-state index contributed by atoms with van der Waals surface area (Å²) >= 11 is 1.54. The summed E-state index contributed by atoms with van der Waals surface area (Å²) in [5, 5.41) is 18.6. The number of benzene rings is 3. The minimum atomic E-state index is -0.514. The van der Waals surface area contributed by atoms with Gasteiger partial charge in [0.25, 0.3) is 0 Å². The molecule has 1 saturated carbocycles. The molecule has 2 aliphatic rings. The normalized spacial score (nSPS) is 18.8. The second kappa shape index (κ2) is 16.8. The number of ether oxygens (including phenoxy) is 2. The fourth-order valence-electron chi connectivity index (χ4n) is 7.28. The molecule has 50 heavy (non-hydrogen) atoms. The number of hydrogen-bond acceptors (Lipinski definition) is 10. The molecule has 0 bridgehead atoms. The number of carbonyl (C=O) groups excluding carboxylic acids is 1. The Hall–Kier alpha value is -4.03. The Morgan fingerprint density at radius 1 is 0.760 bits per heavy atom. The molecule has 0 amide bonds. The number of carbonyl (C=O) groups is 1. The third kappa shape index (κ3) is 8.46. The molecule has 1 saturated heterocycles. The van der Waals surface area contributed by atoms with Gasteiger partial charge in [-0.15, -0.1) is 15.3 Å². The Kier molecular flexibility index (Phi) is 11.6. The average Bonchev–Trinajstić information content (AvgIpc) is 3.83. The summed E-state index contributed by atoms with van der Waals surface area (Å²) in [5.41, 5.74) is 5.07. The number of methoxy groups -OCH3 is 1. The zero-order valence-corrected chi connectivity index (χ0v) is 29.6. The molecule has 0 unspecified atom stereocenters. The van der Waals surface area contributed by atoms with Crippen LogP contribution in [0.2, 0.25) is 0 Å². The molecule has 2 aromatic heterocycles. The summed E-state index contributed by atoms with van der Waals surface area (Å²) in [7, 11) is 1.77. The first-order valence-electron chi connectivity index (χ1n) is 18.1. The van der Waals surface area contributed by atoms with E-state index in [1.54, 1.807) is 36.6 Å². The molecule has 0 spiro atoms. The van der Waals surface area contributed by atoms with E-state index in [2.05, 4.69) is 49.7 Å². The van der Waals surface area contributed by atoms with Gasteiger partial charge in [0.15, 0.2) is 0 Å². The highest BCUT2D eigenvalue weighted by Crippen LogP contribution is 2.35. The Bertz CT molecular complexity index is 1810. The maximum atomic E-state index is 12.8. The van der Waals surface area contributed by atoms with Crippen molar-refractivity contribution in [1.82, 2.24) is 30.3 Å². The van der Waals surface area contributed by atoms with E-state index >= 15 is 0 Å². The number of fused-ring (bicyclic) bond motifs is 1. The second-order valence-corrected chi connectivity index (χ2v) is 14.4. The summed E-state index contributed by atoms with van der Waals surface area (Å²) in [6.45, 7) is 4.13. The molecule has 10 nitrogen and oxygen atoms in total. The van der Waals surface area contributed by atoms with Gasteiger partial charge in [0.1, 0.15) is 21.0 Å². The molecular weight excluding hydrogens is 649 g/mol. The standard InChI is InChI=1S/C39H46N6O4S/c1-47-26-6-2-3-7-27-48-34-20-18-33(19-21-34)44-24-22-29(23-25-44)28-10-12-30(13-11-28)37-41-42-38(50-37)31-14-16-32(17-15-31)39(46)49-45-36-9-5-4-8-35(36)40-43-45/h4-5,8-17,29,33-34H,2-3,6-7,18-27H2,1H3. The van der Waals surface area contributed by atoms with Gasteiger partial charge in [-0.25, -0.2) is 4.79 Å². The number of para-hydroxylation sites is 1. The molecule has 0 atom stereocenters. The summed E-state index contributed by atoms with van der Waals surface area (Å²) < 4.78 is 11.4. The topological polar surface area (TPSA) is 104 Å². The van der Waals surface area contributed by atoms with Crippen molar-refractivity contribution in [3.05, 3.63) is 83.9 Å². The highest BCUT2D eigenvalue weighted by molar-refractivity contribution is 7.17. The van der Waals surface area contributed by atoms with Crippen molar-refractivity contribution in [3.63, 3.8) is 0 Å². The van der Waals surface area contributed by atoms with E-state index < -0.39 is 5.97 Å². The minimum absolute atomic E-state index is 0.410. The second-order valence-electron chi connectivity index (χ2n) is 13.5. The van der Waals surface area contributed by atoms with Gasteiger partial charge in [-0.2, -0.15) is 0 Å². The lowest BCUT2D eigenvalue weighted by Crippen LogP contribution is -2.43. The Balaban J connectivity index is 0.856. The third-order valence-corrected chi connectivity index (χ3v) is 11.2. The lowest BCUT2D eigenvalue weighted by atomic mass is 9.86. The van der Waals surface area contributed by atoms with Gasteiger partial charge >= 0.3 is 5.97 Å². The van der Waals surface area contributed by atoms with Crippen molar-refractivity contribution in [2.24, 2.45) is 0 Å². The largest absolute Gasteiger partial charge is 0.385 e. The zero-order chi connectivity index (χ0) is 34.1. The fourth-order valence-corrected chi connectivity index (χ4v) is 8.13. The molecule has 3 heterocycles. The van der Waals surface area contributed by atoms with Crippen LogP contribution >= 0.6 is 11.3 Å². The van der Waals surface area contributed by atoms with Crippen LogP contribution in [0.1, 0.15) is 86.0 Å². The average molecular weight is 695 g/mol. The van der Waals surface area contributed by atoms with Gasteiger partial charge in [-0.1, -0.05) is 77.6 Å². The number of rotatable bonds is 14. The van der Waals surface area contributed by atoms with Gasteiger partial charge < -0.3 is 19.2 Å². The number of hydrogen-bond donors (Lipinski definition) is 0. The van der Waals surface area contributed by atoms with E-state index in [0.717, 1.165) is 45.6 Å². The summed E-state index contributed by atoms with van der Waals surface area (Å²) in [5.74, 6) is 0.0852. The summed E-state index contributed by atoms with van der Waals surface area (Å²) in [6, 6.07) is 24.1. The first kappa shape index (κ1) is 34.4. The van der Waals surface area contributed by atoms with Crippen LogP contribution < -0.4 is 4.84 Å². The summed E-state index contributed by atoms with van der Waals surface area (Å²) in [6.07, 6.45) is 12.6. The van der Waals surface area contributed by atoms with Crippen molar-refractivity contribution in [3.8, 4) is 21.1 Å². The van der Waals surface area contributed by atoms with Crippen LogP contribution in [0.15, 0.2) is 72.8 Å². The number of unbranched alkanes of at least 4 members (excludes halogenated alkanes) is 3. The quantitative estimate of drug-likeness (QED) is 0.0859. The smallest absolute Gasteiger partial charge is 0.365 e. The van der Waals surface area contributed by atoms with E-state index in [9.17, 15) is 4.79 Å². The molecule has 1 aliphatic carbocycles. The van der Waals surface area contributed by atoms with E-state index in [1.807, 2.05) is 30.3 Å². The highest BCUT2D eigenvalue weighted by Gasteiger charge is 2.29. The number of aromatic nitrogens is 5. The van der Waals surface area contributed by atoms with Crippen molar-refractivity contribution in [1.29, 1.82) is 0 Å². The molecule has 11 heteroatoms. The van der Waals surface area contributed by atoms with Crippen molar-refractivity contribution in [2.75, 3.05) is 33.4 Å². The first-order valence-corrected chi connectivity index (χ1v) is 18.9. The number of nitrogens with zero attached hydrogens (tertiary/aromatic N) is 6. The molecule has 7 rings (SSSR count). The van der Waals surface area contributed by atoms with E-state index in [-0.39, 0.29) is 0 Å². The monoisotopic (exact) mass is 694 g/mol. The molecule has 3 aromatic carbocycles. The third-order valence-electron chi connectivity index (χ3n) is 10.2. The van der Waals surface area contributed by atoms with E-state index in [4.69, 9.17) is 14.3 Å². The lowest BCUT2D eigenvalue weighted by molar-refractivity contribution is 0.00195. The Morgan fingerprint density at radius 3 is 2.12 bits per heavy atom. The van der Waals surface area contributed by atoms with Gasteiger partial charge in [-0.3, -0.25) is 0 Å². The maximum absolute atomic E-state index is 12.8. The first-order chi connectivity index (χ1) is 24.6. The molecule has 262 valence electrons. The van der Waals surface area contributed by atoms with E-state index in [1.165, 1.54) is 76.4 Å². The highest BCUT2D eigenvalue weighted by atomic mass is 32.1. The Morgan fingerprint density at radius 2 is 1.42 bits per heavy atom. The zero-order valence-electron chi connectivity index (χ0n) is 28.8. The molecule has 2 fully saturated rings. The molecule has 0 N–H and O–H groups in total. The summed E-state index contributed by atoms with van der Waals surface area (Å²) in [4.78, 5) is 22.1. The van der Waals surface area contributed by atoms with Gasteiger partial charge in [0.05, 0.1) is 11.7 Å². The Labute approximate surface area is 297 Å². The SMILES string of the molecule is COCCCCCCOC1CCC(N2CCC(c3ccc(-c4nnc(-c5ccc(C(=O)On6nnc7ccccc76)cc5)s4)cc3)CC2)CC1. The van der Waals surface area contributed by atoms with Gasteiger partial charge in [0, 0.05) is 37.5 Å². The lowest BCUT2D eigenvalue weighted by Gasteiger charge is -2.41. The van der Waals surface area contributed by atoms with Crippen LogP contribution in [-0.4, -0.2) is 81.8 Å². The number of likely N-dealkylation sites (tertiary alicyclic amines) is 1. The minimum Gasteiger partial charge on any atom is -0.385 e. The van der Waals surface area contributed by atoms with Crippen LogP contribution in [0.4, 0.5) is 0 Å². The molecule has 1 aliphatic heterocycles. The number of piperidine rings is 1. The predicted octanol–water partition coefficient (Wildman–Crippen LogP) is 7.60. The molecule has 5 aromatic rings. The van der Waals surface area contributed by atoms with Gasteiger partial charge in [-0.05, 0) is 105 Å². The fraction of sp³-hybridized carbons (Fsp3) is 0.462. The van der Waals surface area contributed by atoms with Crippen molar-refractivity contribution < 1.29 is 19.1 Å². The van der Waals surface area contributed by atoms with Crippen LogP contribution in [0.5, 0.6) is 0 Å². The van der Waals surface area contributed by atoms with Crippen LogP contribution in [0, 0.1) is 0 Å². The van der Waals surface area contributed by atoms with Gasteiger partial charge in [0.2, 0.25) is 0 Å². The van der Waals surface area contributed by atoms with Crippen LogP contribution in [0.25, 0.3) is 32.2 Å². The maximum Gasteiger partial charge on any atom is 0.365 e. The van der Waals surface area contributed by atoms with Crippen LogP contribution in [0.3, 0.4) is 0 Å². The molecular formula is C39H46N6O4S. The molecule has 0 radical (unpaired) electrons. The van der Waals surface area contributed by atoms with Crippen LogP contribution in [-0.2, 0) is 9.47 Å².